The van der Waals surface area contributed by atoms with Crippen molar-refractivity contribution in [2.45, 2.75) is 30.5 Å². The van der Waals surface area contributed by atoms with Crippen molar-refractivity contribution in [3.8, 4) is 0 Å². The van der Waals surface area contributed by atoms with Crippen molar-refractivity contribution in [3.63, 3.8) is 0 Å². The number of anilines is 1. The molecule has 0 spiro atoms. The first kappa shape index (κ1) is 30.2. The predicted octanol–water partition coefficient (Wildman–Crippen LogP) is 1.10. The van der Waals surface area contributed by atoms with Crippen molar-refractivity contribution < 1.29 is 38.6 Å². The van der Waals surface area contributed by atoms with Gasteiger partial charge in [-0.15, -0.1) is 11.8 Å². The van der Waals surface area contributed by atoms with Crippen LogP contribution in [0.15, 0.2) is 71.1 Å². The lowest BCUT2D eigenvalue weighted by molar-refractivity contribution is -0.151. The summed E-state index contributed by atoms with van der Waals surface area (Å²) in [7, 11) is 0. The zero-order valence-electron chi connectivity index (χ0n) is 23.3. The van der Waals surface area contributed by atoms with Gasteiger partial charge in [-0.2, -0.15) is 0 Å². The zero-order chi connectivity index (χ0) is 31.5. The van der Waals surface area contributed by atoms with Crippen LogP contribution in [-0.2, 0) is 23.9 Å². The van der Waals surface area contributed by atoms with Crippen LogP contribution in [0, 0.1) is 0 Å². The second-order valence-corrected chi connectivity index (χ2v) is 11.0. The number of aromatic nitrogens is 1. The van der Waals surface area contributed by atoms with Gasteiger partial charge in [0.25, 0.3) is 5.91 Å². The predicted molar refractivity (Wildman–Crippen MR) is 156 cm³/mol. The lowest BCUT2D eigenvalue weighted by Gasteiger charge is -2.49. The fourth-order valence-corrected chi connectivity index (χ4v) is 6.36. The second kappa shape index (κ2) is 12.5. The molecule has 2 aromatic rings. The Morgan fingerprint density at radius 2 is 1.91 bits per heavy atom. The van der Waals surface area contributed by atoms with Crippen LogP contribution in [0.1, 0.15) is 18.5 Å². The summed E-state index contributed by atoms with van der Waals surface area (Å²) in [4.78, 5) is 87.9. The minimum Gasteiger partial charge on any atom is -0.477 e. The highest BCUT2D eigenvalue weighted by atomic mass is 32.2. The topological polar surface area (TPSA) is 191 Å². The number of aliphatic imine (C=N–C) groups is 1. The van der Waals surface area contributed by atoms with Crippen molar-refractivity contribution in [1.82, 2.24) is 25.4 Å². The maximum absolute atomic E-state index is 13.6. The van der Waals surface area contributed by atoms with Crippen molar-refractivity contribution in [2.75, 3.05) is 23.8 Å². The van der Waals surface area contributed by atoms with Crippen molar-refractivity contribution in [1.29, 1.82) is 0 Å². The van der Waals surface area contributed by atoms with Gasteiger partial charge in [-0.1, -0.05) is 30.3 Å². The van der Waals surface area contributed by atoms with E-state index in [0.29, 0.717) is 11.3 Å². The second-order valence-electron chi connectivity index (χ2n) is 9.86. The fourth-order valence-electron chi connectivity index (χ4n) is 5.04. The molecule has 5 rings (SSSR count). The van der Waals surface area contributed by atoms with Gasteiger partial charge < -0.3 is 20.5 Å². The van der Waals surface area contributed by atoms with E-state index in [4.69, 9.17) is 4.74 Å². The smallest absolute Gasteiger partial charge is 0.352 e. The Bertz CT molecular complexity index is 1550. The van der Waals surface area contributed by atoms with E-state index < -0.39 is 59.4 Å². The molecular formula is C28H27N7O8S. The first-order chi connectivity index (χ1) is 21.1. The van der Waals surface area contributed by atoms with Crippen LogP contribution in [0.3, 0.4) is 0 Å². The Kier molecular flexibility index (Phi) is 8.61. The van der Waals surface area contributed by atoms with E-state index >= 15 is 0 Å². The molecule has 15 nitrogen and oxygen atoms in total. The first-order valence-corrected chi connectivity index (χ1v) is 14.3. The number of imide groups is 1. The van der Waals surface area contributed by atoms with Gasteiger partial charge in [0, 0.05) is 24.4 Å². The largest absolute Gasteiger partial charge is 0.477 e. The molecule has 3 unspecified atom stereocenters. The number of esters is 1. The zero-order valence-corrected chi connectivity index (χ0v) is 24.1. The molecule has 3 aliphatic heterocycles. The number of nitrogens with one attached hydrogen (secondary N) is 2. The molecule has 44 heavy (non-hydrogen) atoms. The van der Waals surface area contributed by atoms with E-state index in [-0.39, 0.29) is 30.2 Å². The minimum absolute atomic E-state index is 0.138. The summed E-state index contributed by atoms with van der Waals surface area (Å²) in [6.45, 7) is 4.29. The number of carbonyl (C=O) groups is 6. The number of rotatable bonds is 9. The molecule has 4 atom stereocenters. The third-order valence-corrected chi connectivity index (χ3v) is 8.46. The molecule has 0 bridgehead atoms. The summed E-state index contributed by atoms with van der Waals surface area (Å²) >= 11 is 1.20. The molecule has 4 heterocycles. The van der Waals surface area contributed by atoms with Crippen LogP contribution < -0.4 is 15.5 Å². The molecule has 228 valence electrons. The highest BCUT2D eigenvalue weighted by molar-refractivity contribution is 8.00. The van der Waals surface area contributed by atoms with Gasteiger partial charge in [-0.25, -0.2) is 19.3 Å². The average molecular weight is 622 g/mol. The van der Waals surface area contributed by atoms with E-state index in [1.54, 1.807) is 42.5 Å². The molecule has 0 saturated carbocycles. The molecule has 6 amide bonds. The molecular weight excluding hydrogens is 594 g/mol. The van der Waals surface area contributed by atoms with E-state index in [0.717, 1.165) is 9.80 Å². The number of carbonyl (C=O) groups excluding carboxylic acids is 5. The van der Waals surface area contributed by atoms with Gasteiger partial charge in [-0.3, -0.25) is 34.2 Å². The lowest BCUT2D eigenvalue weighted by atomic mass is 10.0. The molecule has 1 aromatic heterocycles. The van der Waals surface area contributed by atoms with Crippen LogP contribution in [0.2, 0.25) is 0 Å². The maximum Gasteiger partial charge on any atom is 0.352 e. The monoisotopic (exact) mass is 621 g/mol. The quantitative estimate of drug-likeness (QED) is 0.208. The summed E-state index contributed by atoms with van der Waals surface area (Å²) in [6, 6.07) is 7.52. The molecule has 16 heteroatoms. The third kappa shape index (κ3) is 5.70. The Labute approximate surface area is 254 Å². The van der Waals surface area contributed by atoms with E-state index in [9.17, 15) is 33.9 Å². The Balaban J connectivity index is 1.33. The van der Waals surface area contributed by atoms with Crippen LogP contribution in [0.4, 0.5) is 15.3 Å². The van der Waals surface area contributed by atoms with Gasteiger partial charge in [0.2, 0.25) is 5.91 Å². The average Bonchev–Trinajstić information content (AvgIpc) is 3.37. The van der Waals surface area contributed by atoms with Crippen molar-refractivity contribution >= 4 is 60.0 Å². The number of hydrogen-bond donors (Lipinski definition) is 3. The molecule has 1 aromatic carbocycles. The van der Waals surface area contributed by atoms with E-state index in [1.807, 2.05) is 0 Å². The summed E-state index contributed by atoms with van der Waals surface area (Å²) in [6.07, 6.45) is 2.20. The number of amides is 6. The number of carboxylic acids is 1. The summed E-state index contributed by atoms with van der Waals surface area (Å²) in [5.74, 6) is -3.23. The van der Waals surface area contributed by atoms with Gasteiger partial charge in [-0.05, 0) is 24.4 Å². The summed E-state index contributed by atoms with van der Waals surface area (Å²) in [5, 5.41) is 14.3. The standard InChI is InChI=1S/C28H27N7O8S/c1-15(36)43-13-17-14-44-25-21(24(38)35(25)22(17)26(39)40)31-23(37)20(16-7-4-3-5-8-16)32-27(41)33-12-19(29-2)34(28(33)42)18-9-6-10-30-11-18/h3-11,19-21,25H,2,12-14H2,1H3,(H,31,37)(H,32,41)(H,39,40)/t19?,20?,21?,25-/m0/s1. The van der Waals surface area contributed by atoms with Gasteiger partial charge in [0.15, 0.2) is 0 Å². The van der Waals surface area contributed by atoms with Gasteiger partial charge >= 0.3 is 24.0 Å². The Hall–Kier alpha value is -5.25. The summed E-state index contributed by atoms with van der Waals surface area (Å²) < 4.78 is 4.94. The minimum atomic E-state index is -1.37. The number of carboxylic acid groups (broad SMARTS) is 1. The van der Waals surface area contributed by atoms with E-state index in [1.165, 1.54) is 36.0 Å². The lowest BCUT2D eigenvalue weighted by Crippen LogP contribution is -2.71. The van der Waals surface area contributed by atoms with E-state index in [2.05, 4.69) is 27.3 Å². The molecule has 0 aliphatic carbocycles. The van der Waals surface area contributed by atoms with Crippen molar-refractivity contribution in [3.05, 3.63) is 71.7 Å². The first-order valence-electron chi connectivity index (χ1n) is 13.3. The fraction of sp³-hybridized carbons (Fsp3) is 0.286. The number of fused-ring (bicyclic) bond motifs is 1. The highest BCUT2D eigenvalue weighted by Crippen LogP contribution is 2.40. The number of pyridine rings is 1. The van der Waals surface area contributed by atoms with Crippen LogP contribution in [0.5, 0.6) is 0 Å². The molecule has 2 fully saturated rings. The SMILES string of the molecule is C=NC1CN(C(=O)NC(C(=O)NC2C(=O)N3C(C(=O)O)=C(COC(C)=O)CS[C@@H]23)c2ccccc2)C(=O)N1c1cccnc1. The number of benzene rings is 1. The number of aliphatic carboxylic acids is 1. The Morgan fingerprint density at radius 1 is 1.16 bits per heavy atom. The van der Waals surface area contributed by atoms with Gasteiger partial charge in [0.1, 0.15) is 35.9 Å². The highest BCUT2D eigenvalue weighted by Gasteiger charge is 2.54. The number of thioether (sulfide) groups is 1. The molecule has 2 saturated heterocycles. The normalized spacial score (nSPS) is 21.7. The van der Waals surface area contributed by atoms with Crippen LogP contribution in [-0.4, -0.2) is 98.9 Å². The summed E-state index contributed by atoms with van der Waals surface area (Å²) in [5.41, 5.74) is 0.743. The molecule has 0 radical (unpaired) electrons. The number of nitrogens with zero attached hydrogens (tertiary/aromatic N) is 5. The van der Waals surface area contributed by atoms with Gasteiger partial charge in [0.05, 0.1) is 18.4 Å². The number of hydrogen-bond acceptors (Lipinski definition) is 10. The third-order valence-electron chi connectivity index (χ3n) is 7.12. The van der Waals surface area contributed by atoms with Crippen molar-refractivity contribution in [2.24, 2.45) is 4.99 Å². The van der Waals surface area contributed by atoms with Crippen LogP contribution >= 0.6 is 11.8 Å². The van der Waals surface area contributed by atoms with Crippen LogP contribution in [0.25, 0.3) is 0 Å². The number of ether oxygens (including phenoxy) is 1. The Morgan fingerprint density at radius 3 is 2.55 bits per heavy atom. The molecule has 3 N–H and O–H groups in total. The molecule has 3 aliphatic rings. The number of β-lactam (4-membered cyclic amide) rings is 1. The maximum atomic E-state index is 13.6. The number of urea groups is 2.